The Hall–Kier alpha value is -6.16. The van der Waals surface area contributed by atoms with Crippen molar-refractivity contribution in [1.29, 1.82) is 0 Å². The molecule has 0 spiro atoms. The molecule has 0 radical (unpaired) electrons. The highest BCUT2D eigenvalue weighted by Gasteiger charge is 2.50. The Morgan fingerprint density at radius 2 is 0.647 bits per heavy atom. The fourth-order valence-corrected chi connectivity index (χ4v) is 7.46. The predicted molar refractivity (Wildman–Crippen MR) is 203 cm³/mol. The Kier molecular flexibility index (Phi) is 9.03. The van der Waals surface area contributed by atoms with Gasteiger partial charge < -0.3 is 13.6 Å². The second kappa shape index (κ2) is 14.4. The van der Waals surface area contributed by atoms with Crippen LogP contribution in [0.5, 0.6) is 0 Å². The number of hydrogen-bond donors (Lipinski definition) is 0. The molecule has 0 N–H and O–H groups in total. The van der Waals surface area contributed by atoms with Gasteiger partial charge >= 0.3 is 0 Å². The molecule has 0 amide bonds. The van der Waals surface area contributed by atoms with Crippen molar-refractivity contribution < 1.29 is 13.6 Å². The minimum Gasteiger partial charge on any atom is -0.469 e. The highest BCUT2D eigenvalue weighted by Crippen LogP contribution is 2.52. The van der Waals surface area contributed by atoms with Crippen LogP contribution in [-0.2, 0) is 28.8 Å². The molecule has 3 heteroatoms. The second-order valence-electron chi connectivity index (χ2n) is 12.8. The van der Waals surface area contributed by atoms with Gasteiger partial charge in [-0.2, -0.15) is 0 Å². The average Bonchev–Trinajstić information content (AvgIpc) is 3.93. The maximum Gasteiger partial charge on any atom is 0.146 e. The highest BCUT2D eigenvalue weighted by atomic mass is 16.5. The largest absolute Gasteiger partial charge is 0.469 e. The molecular formula is C48H38O3. The lowest BCUT2D eigenvalue weighted by molar-refractivity contribution is -0.0817. The summed E-state index contributed by atoms with van der Waals surface area (Å²) >= 11 is 0. The van der Waals surface area contributed by atoms with Crippen LogP contribution in [0.3, 0.4) is 0 Å². The van der Waals surface area contributed by atoms with E-state index in [1.54, 1.807) is 12.5 Å². The zero-order valence-corrected chi connectivity index (χ0v) is 28.3. The molecule has 0 aliphatic carbocycles. The topological polar surface area (TPSA) is 35.5 Å². The molecule has 0 aliphatic heterocycles. The molecule has 0 saturated carbocycles. The predicted octanol–water partition coefficient (Wildman–Crippen LogP) is 11.4. The van der Waals surface area contributed by atoms with Gasteiger partial charge in [-0.15, -0.1) is 0 Å². The van der Waals surface area contributed by atoms with Crippen LogP contribution >= 0.6 is 0 Å². The molecule has 0 unspecified atom stereocenters. The zero-order chi connectivity index (χ0) is 34.4. The molecule has 0 saturated heterocycles. The smallest absolute Gasteiger partial charge is 0.146 e. The van der Waals surface area contributed by atoms with Crippen molar-refractivity contribution in [2.75, 3.05) is 0 Å². The van der Waals surface area contributed by atoms with Crippen LogP contribution in [0.1, 0.15) is 56.0 Å². The molecule has 0 aliphatic rings. The van der Waals surface area contributed by atoms with Crippen LogP contribution in [0.4, 0.5) is 0 Å². The van der Waals surface area contributed by atoms with Crippen molar-refractivity contribution in [3.63, 3.8) is 0 Å². The molecule has 8 rings (SSSR count). The summed E-state index contributed by atoms with van der Waals surface area (Å²) in [5.41, 5.74) is 6.16. The van der Waals surface area contributed by atoms with E-state index in [0.29, 0.717) is 12.8 Å². The number of hydrogen-bond acceptors (Lipinski definition) is 3. The van der Waals surface area contributed by atoms with Gasteiger partial charge in [0.15, 0.2) is 0 Å². The van der Waals surface area contributed by atoms with Crippen molar-refractivity contribution in [3.05, 3.63) is 263 Å². The molecule has 0 atom stereocenters. The van der Waals surface area contributed by atoms with E-state index in [9.17, 15) is 0 Å². The van der Waals surface area contributed by atoms with Gasteiger partial charge in [-0.3, -0.25) is 0 Å². The van der Waals surface area contributed by atoms with Crippen molar-refractivity contribution in [1.82, 2.24) is 0 Å². The molecule has 0 fully saturated rings. The van der Waals surface area contributed by atoms with Gasteiger partial charge in [0.2, 0.25) is 0 Å². The second-order valence-corrected chi connectivity index (χ2v) is 12.8. The Balaban J connectivity index is 1.50. The molecule has 2 heterocycles. The summed E-state index contributed by atoms with van der Waals surface area (Å²) in [6.45, 7) is 0. The summed E-state index contributed by atoms with van der Waals surface area (Å²) in [6.07, 6.45) is 4.68. The van der Waals surface area contributed by atoms with Crippen molar-refractivity contribution in [2.45, 2.75) is 24.0 Å². The van der Waals surface area contributed by atoms with Crippen LogP contribution in [0.15, 0.2) is 215 Å². The summed E-state index contributed by atoms with van der Waals surface area (Å²) < 4.78 is 20.3. The van der Waals surface area contributed by atoms with Gasteiger partial charge in [0.25, 0.3) is 0 Å². The van der Waals surface area contributed by atoms with Gasteiger partial charge in [0.05, 0.1) is 12.5 Å². The van der Waals surface area contributed by atoms with Crippen molar-refractivity contribution in [2.24, 2.45) is 0 Å². The van der Waals surface area contributed by atoms with Gasteiger partial charge in [-0.1, -0.05) is 170 Å². The zero-order valence-electron chi connectivity index (χ0n) is 28.3. The molecule has 6 aromatic carbocycles. The summed E-state index contributed by atoms with van der Waals surface area (Å²) in [5, 5.41) is 0. The minimum absolute atomic E-state index is 0.604. The molecule has 0 bridgehead atoms. The molecular weight excluding hydrogens is 625 g/mol. The van der Waals surface area contributed by atoms with Crippen LogP contribution < -0.4 is 0 Å². The van der Waals surface area contributed by atoms with E-state index in [1.807, 2.05) is 24.3 Å². The third kappa shape index (κ3) is 6.14. The Labute approximate surface area is 299 Å². The molecule has 248 valence electrons. The van der Waals surface area contributed by atoms with Crippen LogP contribution in [0.2, 0.25) is 0 Å². The molecule has 2 aromatic heterocycles. The normalized spacial score (nSPS) is 11.8. The fraction of sp³-hybridized carbons (Fsp3) is 0.0833. The summed E-state index contributed by atoms with van der Waals surface area (Å²) in [4.78, 5) is 0. The first-order chi connectivity index (χ1) is 25.3. The van der Waals surface area contributed by atoms with E-state index in [4.69, 9.17) is 13.6 Å². The maximum absolute atomic E-state index is 8.40. The SMILES string of the molecule is c1ccc(C(OC(c2ccccc2)(c2ccccc2)c2ccccc2Cc2ccco2)(c2ccccc2)c2ccccc2Cc2ccco2)cc1. The van der Waals surface area contributed by atoms with E-state index >= 15 is 0 Å². The van der Waals surface area contributed by atoms with Gasteiger partial charge in [0, 0.05) is 12.8 Å². The lowest BCUT2D eigenvalue weighted by Crippen LogP contribution is -2.45. The summed E-state index contributed by atoms with van der Waals surface area (Å²) in [6, 6.07) is 67.8. The lowest BCUT2D eigenvalue weighted by atomic mass is 9.73. The first-order valence-corrected chi connectivity index (χ1v) is 17.4. The first-order valence-electron chi connectivity index (χ1n) is 17.4. The molecule has 51 heavy (non-hydrogen) atoms. The van der Waals surface area contributed by atoms with E-state index in [2.05, 4.69) is 170 Å². The third-order valence-electron chi connectivity index (χ3n) is 9.71. The highest BCUT2D eigenvalue weighted by molar-refractivity contribution is 5.56. The first kappa shape index (κ1) is 32.1. The minimum atomic E-state index is -1.10. The molecule has 8 aromatic rings. The van der Waals surface area contributed by atoms with Crippen molar-refractivity contribution in [3.8, 4) is 0 Å². The Morgan fingerprint density at radius 3 is 0.961 bits per heavy atom. The Morgan fingerprint density at radius 1 is 0.333 bits per heavy atom. The van der Waals surface area contributed by atoms with E-state index in [-0.39, 0.29) is 0 Å². The standard InChI is InChI=1S/C48H38O3/c1-5-21-39(22-6-1)47(40-23-7-2-8-24-40,45-31-15-13-19-37(45)35-43-29-17-33-49-43)51-48(41-25-9-3-10-26-41,42-27-11-4-12-28-42)46-32-16-14-20-38(46)36-44-30-18-34-50-44/h1-34H,35-36H2. The number of benzene rings is 6. The van der Waals surface area contributed by atoms with E-state index < -0.39 is 11.2 Å². The van der Waals surface area contributed by atoms with E-state index in [0.717, 1.165) is 56.0 Å². The van der Waals surface area contributed by atoms with Crippen LogP contribution in [-0.4, -0.2) is 0 Å². The van der Waals surface area contributed by atoms with E-state index in [1.165, 1.54) is 0 Å². The van der Waals surface area contributed by atoms with Gasteiger partial charge in [0.1, 0.15) is 22.7 Å². The van der Waals surface area contributed by atoms with Gasteiger partial charge in [-0.25, -0.2) is 0 Å². The number of furan rings is 2. The van der Waals surface area contributed by atoms with Gasteiger partial charge in [-0.05, 0) is 68.8 Å². The lowest BCUT2D eigenvalue weighted by Gasteiger charge is -2.47. The maximum atomic E-state index is 8.40. The summed E-state index contributed by atoms with van der Waals surface area (Å²) in [7, 11) is 0. The monoisotopic (exact) mass is 662 g/mol. The number of rotatable bonds is 12. The number of ether oxygens (including phenoxy) is 1. The summed E-state index contributed by atoms with van der Waals surface area (Å²) in [5.74, 6) is 1.78. The van der Waals surface area contributed by atoms with Crippen LogP contribution in [0.25, 0.3) is 0 Å². The fourth-order valence-electron chi connectivity index (χ4n) is 7.46. The van der Waals surface area contributed by atoms with Crippen LogP contribution in [0, 0.1) is 0 Å². The molecule has 3 nitrogen and oxygen atoms in total. The third-order valence-corrected chi connectivity index (χ3v) is 9.71. The Bertz CT molecular complexity index is 2010. The average molecular weight is 663 g/mol. The quantitative estimate of drug-likeness (QED) is 0.122. The van der Waals surface area contributed by atoms with Crippen molar-refractivity contribution >= 4 is 0 Å².